The van der Waals surface area contributed by atoms with Crippen molar-refractivity contribution >= 4 is 53.6 Å². The number of thiophene rings is 1. The lowest BCUT2D eigenvalue weighted by Gasteiger charge is -2.10. The first-order chi connectivity index (χ1) is 27.7. The average molecular weight is 736 g/mol. The summed E-state index contributed by atoms with van der Waals surface area (Å²) in [5.41, 5.74) is 10.1. The van der Waals surface area contributed by atoms with E-state index in [0.717, 1.165) is 65.8 Å². The Labute approximate surface area is 325 Å². The van der Waals surface area contributed by atoms with Crippen LogP contribution in [0.4, 0.5) is 0 Å². The molecule has 0 atom stereocenters. The summed E-state index contributed by atoms with van der Waals surface area (Å²) >= 11 is 1.78. The molecule has 4 heterocycles. The fourth-order valence-corrected chi connectivity index (χ4v) is 8.74. The van der Waals surface area contributed by atoms with Gasteiger partial charge in [-0.15, -0.1) is 11.3 Å². The summed E-state index contributed by atoms with van der Waals surface area (Å²) in [6, 6.07) is 59.9. The van der Waals surface area contributed by atoms with Crippen LogP contribution < -0.4 is 0 Å². The van der Waals surface area contributed by atoms with Crippen LogP contribution in [0.1, 0.15) is 0 Å². The minimum Gasteiger partial charge on any atom is -0.452 e. The van der Waals surface area contributed by atoms with Crippen molar-refractivity contribution < 1.29 is 4.42 Å². The molecule has 0 radical (unpaired) electrons. The molecular weight excluding hydrogens is 707 g/mol. The zero-order valence-electron chi connectivity index (χ0n) is 29.8. The smallest absolute Gasteiger partial charge is 0.180 e. The number of benzene rings is 7. The standard InChI is InChI=1S/C49H29N5OS/c1-4-14-31(15-5-1)46-50-42-36-20-10-11-24-39(36)55-44(42)43(51-46)38-23-12-22-37-41-35(21-13-25-40(41)56-45(37)38)30-26-28-34(29-27-30)49-53-47(32-16-6-2-7-17-32)52-48(54-49)33-18-8-3-9-19-33/h1-29H. The van der Waals surface area contributed by atoms with Gasteiger partial charge in [-0.05, 0) is 29.3 Å². The molecule has 0 fully saturated rings. The molecule has 0 aliphatic heterocycles. The SMILES string of the molecule is c1ccc(-c2nc(-c3ccccc3)nc(-c3ccc(-c4cccc5sc6c(-c7nc(-c8ccccc8)nc8c7oc7ccccc78)cccc6c45)cc3)n2)cc1. The van der Waals surface area contributed by atoms with Crippen molar-refractivity contribution in [2.45, 2.75) is 0 Å². The number of fused-ring (bicyclic) bond motifs is 6. The quantitative estimate of drug-likeness (QED) is 0.169. The molecule has 11 aromatic rings. The Morgan fingerprint density at radius 3 is 1.52 bits per heavy atom. The van der Waals surface area contributed by atoms with Crippen molar-refractivity contribution in [3.63, 3.8) is 0 Å². The Morgan fingerprint density at radius 2 is 0.875 bits per heavy atom. The van der Waals surface area contributed by atoms with Crippen molar-refractivity contribution in [2.75, 3.05) is 0 Å². The largest absolute Gasteiger partial charge is 0.452 e. The maximum absolute atomic E-state index is 6.52. The summed E-state index contributed by atoms with van der Waals surface area (Å²) in [6.07, 6.45) is 0. The molecule has 0 amide bonds. The summed E-state index contributed by atoms with van der Waals surface area (Å²) in [4.78, 5) is 25.0. The van der Waals surface area contributed by atoms with Crippen LogP contribution in [0.25, 0.3) is 110 Å². The van der Waals surface area contributed by atoms with Crippen LogP contribution in [-0.2, 0) is 0 Å². The highest BCUT2D eigenvalue weighted by Gasteiger charge is 2.22. The summed E-state index contributed by atoms with van der Waals surface area (Å²) in [5, 5.41) is 3.35. The van der Waals surface area contributed by atoms with E-state index in [-0.39, 0.29) is 0 Å². The summed E-state index contributed by atoms with van der Waals surface area (Å²) in [6.45, 7) is 0. The Morgan fingerprint density at radius 1 is 0.375 bits per heavy atom. The number of hydrogen-bond donors (Lipinski definition) is 0. The van der Waals surface area contributed by atoms with Gasteiger partial charge in [0.15, 0.2) is 28.9 Å². The maximum Gasteiger partial charge on any atom is 0.180 e. The normalized spacial score (nSPS) is 11.6. The number of aromatic nitrogens is 5. The van der Waals surface area contributed by atoms with Gasteiger partial charge in [-0.1, -0.05) is 158 Å². The van der Waals surface area contributed by atoms with E-state index in [1.165, 1.54) is 15.5 Å². The third-order valence-electron chi connectivity index (χ3n) is 10.2. The second-order valence-corrected chi connectivity index (χ2v) is 14.7. The number of furan rings is 1. The van der Waals surface area contributed by atoms with E-state index in [4.69, 9.17) is 29.3 Å². The van der Waals surface area contributed by atoms with Crippen molar-refractivity contribution in [1.82, 2.24) is 24.9 Å². The lowest BCUT2D eigenvalue weighted by Crippen LogP contribution is -2.00. The van der Waals surface area contributed by atoms with E-state index in [0.29, 0.717) is 28.9 Å². The van der Waals surface area contributed by atoms with Gasteiger partial charge in [-0.3, -0.25) is 0 Å². The zero-order valence-corrected chi connectivity index (χ0v) is 30.6. The predicted molar refractivity (Wildman–Crippen MR) is 228 cm³/mol. The monoisotopic (exact) mass is 735 g/mol. The molecule has 56 heavy (non-hydrogen) atoms. The molecule has 11 rings (SSSR count). The molecule has 6 nitrogen and oxygen atoms in total. The molecule has 7 heteroatoms. The highest BCUT2D eigenvalue weighted by Crippen LogP contribution is 2.46. The minimum atomic E-state index is 0.629. The van der Waals surface area contributed by atoms with Gasteiger partial charge < -0.3 is 4.42 Å². The Bertz CT molecular complexity index is 3180. The van der Waals surface area contributed by atoms with Crippen LogP contribution in [0.15, 0.2) is 180 Å². The summed E-state index contributed by atoms with van der Waals surface area (Å²) < 4.78 is 8.87. The molecule has 0 spiro atoms. The lowest BCUT2D eigenvalue weighted by molar-refractivity contribution is 0.667. The first-order valence-corrected chi connectivity index (χ1v) is 19.2. The number of para-hydroxylation sites is 1. The van der Waals surface area contributed by atoms with Gasteiger partial charge in [0.25, 0.3) is 0 Å². The van der Waals surface area contributed by atoms with Crippen molar-refractivity contribution in [2.24, 2.45) is 0 Å². The summed E-state index contributed by atoms with van der Waals surface area (Å²) in [7, 11) is 0. The molecule has 0 saturated carbocycles. The molecule has 0 aliphatic rings. The van der Waals surface area contributed by atoms with Gasteiger partial charge >= 0.3 is 0 Å². The third-order valence-corrected chi connectivity index (χ3v) is 11.4. The molecule has 7 aromatic carbocycles. The predicted octanol–water partition coefficient (Wildman–Crippen LogP) is 12.9. The topological polar surface area (TPSA) is 77.6 Å². The lowest BCUT2D eigenvalue weighted by atomic mass is 9.97. The van der Waals surface area contributed by atoms with Gasteiger partial charge in [-0.2, -0.15) is 0 Å². The van der Waals surface area contributed by atoms with Crippen molar-refractivity contribution in [3.05, 3.63) is 176 Å². The minimum absolute atomic E-state index is 0.629. The fraction of sp³-hybridized carbons (Fsp3) is 0. The fourth-order valence-electron chi connectivity index (χ4n) is 7.50. The van der Waals surface area contributed by atoms with Crippen LogP contribution in [0, 0.1) is 0 Å². The first kappa shape index (κ1) is 32.1. The molecule has 262 valence electrons. The van der Waals surface area contributed by atoms with Gasteiger partial charge in [-0.25, -0.2) is 24.9 Å². The molecule has 0 N–H and O–H groups in total. The van der Waals surface area contributed by atoms with E-state index < -0.39 is 0 Å². The summed E-state index contributed by atoms with van der Waals surface area (Å²) in [5.74, 6) is 2.58. The van der Waals surface area contributed by atoms with Crippen molar-refractivity contribution in [3.8, 4) is 67.9 Å². The van der Waals surface area contributed by atoms with Crippen LogP contribution in [0.3, 0.4) is 0 Å². The van der Waals surface area contributed by atoms with E-state index in [9.17, 15) is 0 Å². The molecule has 0 bridgehead atoms. The van der Waals surface area contributed by atoms with Crippen LogP contribution >= 0.6 is 11.3 Å². The molecular formula is C49H29N5OS. The Balaban J connectivity index is 1.05. The Kier molecular flexibility index (Phi) is 7.57. The van der Waals surface area contributed by atoms with E-state index >= 15 is 0 Å². The van der Waals surface area contributed by atoms with Gasteiger partial charge in [0.2, 0.25) is 0 Å². The number of hydrogen-bond acceptors (Lipinski definition) is 7. The van der Waals surface area contributed by atoms with E-state index in [1.54, 1.807) is 11.3 Å². The second-order valence-electron chi connectivity index (χ2n) is 13.6. The third kappa shape index (κ3) is 5.44. The zero-order chi connectivity index (χ0) is 37.0. The number of nitrogens with zero attached hydrogens (tertiary/aromatic N) is 5. The molecule has 4 aromatic heterocycles. The van der Waals surface area contributed by atoms with Crippen molar-refractivity contribution in [1.29, 1.82) is 0 Å². The van der Waals surface area contributed by atoms with Crippen LogP contribution in [0.2, 0.25) is 0 Å². The van der Waals surface area contributed by atoms with E-state index in [2.05, 4.69) is 78.9 Å². The highest BCUT2D eigenvalue weighted by atomic mass is 32.1. The number of rotatable bonds is 6. The second kappa shape index (κ2) is 13.2. The average Bonchev–Trinajstić information content (AvgIpc) is 3.86. The van der Waals surface area contributed by atoms with E-state index in [1.807, 2.05) is 97.1 Å². The van der Waals surface area contributed by atoms with Crippen LogP contribution in [-0.4, -0.2) is 24.9 Å². The first-order valence-electron chi connectivity index (χ1n) is 18.4. The highest BCUT2D eigenvalue weighted by molar-refractivity contribution is 7.26. The van der Waals surface area contributed by atoms with Crippen LogP contribution in [0.5, 0.6) is 0 Å². The molecule has 0 aliphatic carbocycles. The van der Waals surface area contributed by atoms with Gasteiger partial charge in [0.1, 0.15) is 16.8 Å². The maximum atomic E-state index is 6.52. The van der Waals surface area contributed by atoms with Gasteiger partial charge in [0.05, 0.1) is 0 Å². The molecule has 0 saturated heterocycles. The molecule has 0 unspecified atom stereocenters. The Hall–Kier alpha value is -7.35. The van der Waals surface area contributed by atoms with Gasteiger partial charge in [0, 0.05) is 53.4 Å².